The molecule has 0 bridgehead atoms. The lowest BCUT2D eigenvalue weighted by molar-refractivity contribution is -0.135. The number of nitriles is 2. The Hall–Kier alpha value is -2.86. The Morgan fingerprint density at radius 1 is 1.23 bits per heavy atom. The quantitative estimate of drug-likeness (QED) is 0.803. The normalized spacial score (nSPS) is 12.6. The van der Waals surface area contributed by atoms with Crippen LogP contribution in [-0.4, -0.2) is 23.8 Å². The summed E-state index contributed by atoms with van der Waals surface area (Å²) in [6.45, 7) is 4.95. The van der Waals surface area contributed by atoms with E-state index >= 15 is 0 Å². The third-order valence-corrected chi connectivity index (χ3v) is 2.78. The molecule has 0 aliphatic carbocycles. The lowest BCUT2D eigenvalue weighted by Gasteiger charge is -2.17. The van der Waals surface area contributed by atoms with Crippen molar-refractivity contribution in [2.24, 2.45) is 5.92 Å². The Labute approximate surface area is 129 Å². The van der Waals surface area contributed by atoms with Gasteiger partial charge in [0.15, 0.2) is 17.8 Å². The van der Waals surface area contributed by atoms with Gasteiger partial charge in [-0.1, -0.05) is 6.07 Å². The van der Waals surface area contributed by atoms with E-state index in [2.05, 4.69) is 5.32 Å². The minimum atomic E-state index is -1.42. The molecule has 0 saturated carbocycles. The molecule has 0 aliphatic rings. The molecule has 0 saturated heterocycles. The SMILES string of the molecule is CC(C)NC(=O)[C@@H](C#N)C(=O)[C@H](C)Oc1cccc(C#N)c1. The maximum atomic E-state index is 12.2. The number of carbonyl (C=O) groups is 2. The minimum Gasteiger partial charge on any atom is -0.483 e. The van der Waals surface area contributed by atoms with Crippen molar-refractivity contribution in [1.29, 1.82) is 10.5 Å². The van der Waals surface area contributed by atoms with Gasteiger partial charge in [0.05, 0.1) is 17.7 Å². The smallest absolute Gasteiger partial charge is 0.245 e. The molecule has 6 heteroatoms. The van der Waals surface area contributed by atoms with Crippen molar-refractivity contribution in [3.05, 3.63) is 29.8 Å². The van der Waals surface area contributed by atoms with Crippen molar-refractivity contribution in [2.45, 2.75) is 32.9 Å². The fourth-order valence-corrected chi connectivity index (χ4v) is 1.76. The lowest BCUT2D eigenvalue weighted by atomic mass is 10.0. The van der Waals surface area contributed by atoms with E-state index in [-0.39, 0.29) is 6.04 Å². The molecule has 0 aromatic heterocycles. The van der Waals surface area contributed by atoms with E-state index in [0.717, 1.165) is 0 Å². The fraction of sp³-hybridized carbons (Fsp3) is 0.375. The number of Topliss-reactive ketones (excluding diaryl/α,β-unsaturated/α-hetero) is 1. The van der Waals surface area contributed by atoms with Crippen LogP contribution in [-0.2, 0) is 9.59 Å². The summed E-state index contributed by atoms with van der Waals surface area (Å²) in [6, 6.07) is 9.81. The van der Waals surface area contributed by atoms with Gasteiger partial charge in [-0.05, 0) is 39.0 Å². The van der Waals surface area contributed by atoms with Gasteiger partial charge in [0.25, 0.3) is 0 Å². The van der Waals surface area contributed by atoms with Crippen LogP contribution >= 0.6 is 0 Å². The zero-order chi connectivity index (χ0) is 16.7. The summed E-state index contributed by atoms with van der Waals surface area (Å²) < 4.78 is 5.42. The highest BCUT2D eigenvalue weighted by Crippen LogP contribution is 2.16. The van der Waals surface area contributed by atoms with Gasteiger partial charge >= 0.3 is 0 Å². The van der Waals surface area contributed by atoms with Crippen molar-refractivity contribution in [1.82, 2.24) is 5.32 Å². The summed E-state index contributed by atoms with van der Waals surface area (Å²) in [7, 11) is 0. The average Bonchev–Trinajstić information content (AvgIpc) is 2.47. The summed E-state index contributed by atoms with van der Waals surface area (Å²) >= 11 is 0. The van der Waals surface area contributed by atoms with Crippen molar-refractivity contribution in [3.63, 3.8) is 0 Å². The fourth-order valence-electron chi connectivity index (χ4n) is 1.76. The standard InChI is InChI=1S/C16H17N3O3/c1-10(2)19-16(21)14(9-18)15(20)11(3)22-13-6-4-5-12(7-13)8-17/h4-7,10-11,14H,1-3H3,(H,19,21)/t11-,14-/m0/s1. The second-order valence-corrected chi connectivity index (χ2v) is 5.03. The maximum absolute atomic E-state index is 12.2. The van der Waals surface area contributed by atoms with Gasteiger partial charge in [-0.3, -0.25) is 9.59 Å². The number of amides is 1. The van der Waals surface area contributed by atoms with E-state index < -0.39 is 23.7 Å². The van der Waals surface area contributed by atoms with Crippen LogP contribution in [0.1, 0.15) is 26.3 Å². The predicted molar refractivity (Wildman–Crippen MR) is 78.6 cm³/mol. The second kappa shape index (κ2) is 7.80. The molecule has 0 aliphatic heterocycles. The van der Waals surface area contributed by atoms with Gasteiger partial charge in [-0.2, -0.15) is 10.5 Å². The van der Waals surface area contributed by atoms with Crippen LogP contribution in [0, 0.1) is 28.6 Å². The molecule has 1 aromatic carbocycles. The second-order valence-electron chi connectivity index (χ2n) is 5.03. The molecular formula is C16H17N3O3. The van der Waals surface area contributed by atoms with Crippen LogP contribution < -0.4 is 10.1 Å². The molecule has 114 valence electrons. The molecule has 0 spiro atoms. The molecule has 6 nitrogen and oxygen atoms in total. The summed E-state index contributed by atoms with van der Waals surface area (Å²) in [4.78, 5) is 24.0. The van der Waals surface area contributed by atoms with E-state index in [1.165, 1.54) is 13.0 Å². The number of nitrogens with zero attached hydrogens (tertiary/aromatic N) is 2. The molecule has 0 radical (unpaired) electrons. The van der Waals surface area contributed by atoms with Crippen LogP contribution in [0.5, 0.6) is 5.75 Å². The van der Waals surface area contributed by atoms with Gasteiger partial charge in [-0.25, -0.2) is 0 Å². The minimum absolute atomic E-state index is 0.167. The van der Waals surface area contributed by atoms with Gasteiger partial charge in [0.1, 0.15) is 5.75 Å². The molecular weight excluding hydrogens is 282 g/mol. The highest BCUT2D eigenvalue weighted by molar-refractivity contribution is 6.05. The van der Waals surface area contributed by atoms with E-state index in [1.807, 2.05) is 6.07 Å². The van der Waals surface area contributed by atoms with E-state index in [0.29, 0.717) is 11.3 Å². The molecule has 2 atom stereocenters. The highest BCUT2D eigenvalue weighted by atomic mass is 16.5. The Kier molecular flexibility index (Phi) is 6.09. The summed E-state index contributed by atoms with van der Waals surface area (Å²) in [5.74, 6) is -2.34. The van der Waals surface area contributed by atoms with Gasteiger partial charge in [0.2, 0.25) is 5.91 Å². The summed E-state index contributed by atoms with van der Waals surface area (Å²) in [5.41, 5.74) is 0.395. The third kappa shape index (κ3) is 4.60. The van der Waals surface area contributed by atoms with Crippen LogP contribution in [0.2, 0.25) is 0 Å². The highest BCUT2D eigenvalue weighted by Gasteiger charge is 2.31. The molecule has 1 amide bonds. The molecule has 1 rings (SSSR count). The van der Waals surface area contributed by atoms with Crippen molar-refractivity contribution in [3.8, 4) is 17.9 Å². The Balaban J connectivity index is 2.80. The van der Waals surface area contributed by atoms with E-state index in [4.69, 9.17) is 15.3 Å². The lowest BCUT2D eigenvalue weighted by Crippen LogP contribution is -2.42. The molecule has 0 unspecified atom stereocenters. The van der Waals surface area contributed by atoms with Crippen LogP contribution in [0.3, 0.4) is 0 Å². The number of ketones is 1. The summed E-state index contributed by atoms with van der Waals surface area (Å²) in [5, 5.41) is 20.4. The average molecular weight is 299 g/mol. The number of benzene rings is 1. The van der Waals surface area contributed by atoms with Gasteiger partial charge in [-0.15, -0.1) is 0 Å². The number of rotatable bonds is 6. The first-order valence-electron chi connectivity index (χ1n) is 6.79. The zero-order valence-corrected chi connectivity index (χ0v) is 12.7. The van der Waals surface area contributed by atoms with Crippen LogP contribution in [0.4, 0.5) is 0 Å². The van der Waals surface area contributed by atoms with Crippen molar-refractivity contribution in [2.75, 3.05) is 0 Å². The number of ether oxygens (including phenoxy) is 1. The zero-order valence-electron chi connectivity index (χ0n) is 12.7. The number of nitrogens with one attached hydrogen (secondary N) is 1. The third-order valence-electron chi connectivity index (χ3n) is 2.78. The van der Waals surface area contributed by atoms with Gasteiger partial charge in [0, 0.05) is 6.04 Å². The number of hydrogen-bond donors (Lipinski definition) is 1. The first-order valence-corrected chi connectivity index (χ1v) is 6.79. The van der Waals surface area contributed by atoms with Crippen LogP contribution in [0.25, 0.3) is 0 Å². The van der Waals surface area contributed by atoms with Crippen molar-refractivity contribution >= 4 is 11.7 Å². The van der Waals surface area contributed by atoms with Gasteiger partial charge < -0.3 is 10.1 Å². The summed E-state index contributed by atoms with van der Waals surface area (Å²) in [6.07, 6.45) is -0.975. The molecule has 1 aromatic rings. The first-order chi connectivity index (χ1) is 10.4. The molecule has 0 heterocycles. The maximum Gasteiger partial charge on any atom is 0.245 e. The molecule has 22 heavy (non-hydrogen) atoms. The number of hydrogen-bond acceptors (Lipinski definition) is 5. The Morgan fingerprint density at radius 2 is 1.91 bits per heavy atom. The number of carbonyl (C=O) groups excluding carboxylic acids is 2. The molecule has 0 fully saturated rings. The van der Waals surface area contributed by atoms with Crippen molar-refractivity contribution < 1.29 is 14.3 Å². The Morgan fingerprint density at radius 3 is 2.45 bits per heavy atom. The molecule has 1 N–H and O–H groups in total. The first kappa shape index (κ1) is 17.2. The topological polar surface area (TPSA) is 103 Å². The van der Waals surface area contributed by atoms with Crippen LogP contribution in [0.15, 0.2) is 24.3 Å². The largest absolute Gasteiger partial charge is 0.483 e. The predicted octanol–water partition coefficient (Wildman–Crippen LogP) is 1.56. The monoisotopic (exact) mass is 299 g/mol. The Bertz CT molecular complexity index is 641. The van der Waals surface area contributed by atoms with E-state index in [9.17, 15) is 9.59 Å². The van der Waals surface area contributed by atoms with E-state index in [1.54, 1.807) is 38.1 Å².